The molecule has 0 aromatic heterocycles. The summed E-state index contributed by atoms with van der Waals surface area (Å²) in [7, 11) is 0. The molecule has 0 aromatic rings. The Morgan fingerprint density at radius 2 is 1.81 bits per heavy atom. The maximum absolute atomic E-state index is 12.4. The van der Waals surface area contributed by atoms with Crippen LogP contribution in [0.2, 0.25) is 0 Å². The number of nitrogens with zero attached hydrogens (tertiary/aromatic N) is 1. The zero-order chi connectivity index (χ0) is 19.0. The summed E-state index contributed by atoms with van der Waals surface area (Å²) in [6.07, 6.45) is 4.54. The van der Waals surface area contributed by atoms with Crippen LogP contribution in [0.5, 0.6) is 0 Å². The Balaban J connectivity index is 1.58. The molecule has 1 saturated heterocycles. The number of hydrogen-bond acceptors (Lipinski definition) is 3. The Morgan fingerprint density at radius 1 is 1.12 bits per heavy atom. The van der Waals surface area contributed by atoms with E-state index in [9.17, 15) is 22.8 Å². The number of amides is 2. The maximum Gasteiger partial charge on any atom is 0.401 e. The number of nitrogens with one attached hydrogen (secondary N) is 2. The van der Waals surface area contributed by atoms with Crippen LogP contribution in [0.25, 0.3) is 0 Å². The third-order valence-corrected chi connectivity index (χ3v) is 4.98. The Labute approximate surface area is 152 Å². The third-order valence-electron chi connectivity index (χ3n) is 4.98. The fourth-order valence-electron chi connectivity index (χ4n) is 3.47. The number of alkyl halides is 3. The first-order valence-electron chi connectivity index (χ1n) is 9.36. The van der Waals surface area contributed by atoms with Gasteiger partial charge in [-0.05, 0) is 64.0 Å². The van der Waals surface area contributed by atoms with Crippen LogP contribution in [0.4, 0.5) is 13.2 Å². The molecule has 2 aliphatic rings. The topological polar surface area (TPSA) is 61.4 Å². The number of hydrogen-bond donors (Lipinski definition) is 2. The predicted octanol–water partition coefficient (Wildman–Crippen LogP) is 2.38. The lowest BCUT2D eigenvalue weighted by Crippen LogP contribution is -2.45. The van der Waals surface area contributed by atoms with Gasteiger partial charge in [0.15, 0.2) is 0 Å². The molecular formula is C18H28F3N3O2. The number of carbonyl (C=O) groups excluding carboxylic acids is 2. The smallest absolute Gasteiger partial charge is 0.348 e. The Bertz CT molecular complexity index is 512. The van der Waals surface area contributed by atoms with Crippen molar-refractivity contribution in [1.29, 1.82) is 0 Å². The summed E-state index contributed by atoms with van der Waals surface area (Å²) >= 11 is 0. The number of allylic oxidation sites excluding steroid dienone is 1. The van der Waals surface area contributed by atoms with E-state index >= 15 is 0 Å². The average Bonchev–Trinajstić information content (AvgIpc) is 2.60. The summed E-state index contributed by atoms with van der Waals surface area (Å²) < 4.78 is 37.1. The van der Waals surface area contributed by atoms with Crippen molar-refractivity contribution in [3.63, 3.8) is 0 Å². The van der Waals surface area contributed by atoms with E-state index in [1.54, 1.807) is 0 Å². The van der Waals surface area contributed by atoms with E-state index in [4.69, 9.17) is 0 Å². The quantitative estimate of drug-likeness (QED) is 0.554. The van der Waals surface area contributed by atoms with Gasteiger partial charge in [-0.3, -0.25) is 14.5 Å². The molecule has 148 valence electrons. The molecule has 0 spiro atoms. The van der Waals surface area contributed by atoms with Gasteiger partial charge in [-0.2, -0.15) is 13.2 Å². The fourth-order valence-corrected chi connectivity index (χ4v) is 3.47. The van der Waals surface area contributed by atoms with Gasteiger partial charge in [0.05, 0.1) is 6.54 Å². The third kappa shape index (κ3) is 7.76. The van der Waals surface area contributed by atoms with Crippen molar-refractivity contribution < 1.29 is 22.8 Å². The largest absolute Gasteiger partial charge is 0.401 e. The zero-order valence-electron chi connectivity index (χ0n) is 15.0. The highest BCUT2D eigenvalue weighted by Gasteiger charge is 2.32. The van der Waals surface area contributed by atoms with Gasteiger partial charge in [-0.25, -0.2) is 0 Å². The standard InChI is InChI=1S/C18H28F3N3O2/c19-18(20,21)13-24-10-7-15(8-11-24)12-23-17(26)16(25)22-9-6-14-4-2-1-3-5-14/h4,15H,1-3,5-13H2,(H,22,25)(H,23,26). The van der Waals surface area contributed by atoms with Gasteiger partial charge in [0, 0.05) is 13.1 Å². The lowest BCUT2D eigenvalue weighted by atomic mass is 9.97. The van der Waals surface area contributed by atoms with Gasteiger partial charge in [0.25, 0.3) is 0 Å². The van der Waals surface area contributed by atoms with Crippen LogP contribution in [0.15, 0.2) is 11.6 Å². The molecule has 1 fully saturated rings. The highest BCUT2D eigenvalue weighted by Crippen LogP contribution is 2.22. The highest BCUT2D eigenvalue weighted by molar-refractivity contribution is 6.35. The van der Waals surface area contributed by atoms with E-state index in [2.05, 4.69) is 16.7 Å². The zero-order valence-corrected chi connectivity index (χ0v) is 15.0. The van der Waals surface area contributed by atoms with Gasteiger partial charge in [-0.1, -0.05) is 11.6 Å². The molecule has 0 unspecified atom stereocenters. The average molecular weight is 375 g/mol. The van der Waals surface area contributed by atoms with Crippen LogP contribution >= 0.6 is 0 Å². The molecule has 1 heterocycles. The van der Waals surface area contributed by atoms with E-state index in [0.717, 1.165) is 19.3 Å². The predicted molar refractivity (Wildman–Crippen MR) is 92.4 cm³/mol. The minimum atomic E-state index is -4.17. The molecule has 0 bridgehead atoms. The summed E-state index contributed by atoms with van der Waals surface area (Å²) in [6.45, 7) is 0.624. The molecule has 0 saturated carbocycles. The first-order chi connectivity index (χ1) is 12.3. The van der Waals surface area contributed by atoms with Crippen LogP contribution in [-0.4, -0.2) is 55.6 Å². The molecule has 2 rings (SSSR count). The minimum Gasteiger partial charge on any atom is -0.348 e. The molecule has 2 N–H and O–H groups in total. The number of carbonyl (C=O) groups is 2. The van der Waals surface area contributed by atoms with Crippen molar-refractivity contribution in [3.8, 4) is 0 Å². The number of halogens is 3. The summed E-state index contributed by atoms with van der Waals surface area (Å²) in [4.78, 5) is 25.0. The summed E-state index contributed by atoms with van der Waals surface area (Å²) in [5.74, 6) is -1.19. The van der Waals surface area contributed by atoms with Crippen LogP contribution in [0.1, 0.15) is 44.9 Å². The van der Waals surface area contributed by atoms with E-state index in [-0.39, 0.29) is 5.92 Å². The molecular weight excluding hydrogens is 347 g/mol. The van der Waals surface area contributed by atoms with Gasteiger partial charge >= 0.3 is 18.0 Å². The number of piperidine rings is 1. The lowest BCUT2D eigenvalue weighted by Gasteiger charge is -2.32. The molecule has 0 radical (unpaired) electrons. The van der Waals surface area contributed by atoms with E-state index < -0.39 is 24.5 Å². The molecule has 0 atom stereocenters. The molecule has 8 heteroatoms. The van der Waals surface area contributed by atoms with Gasteiger partial charge in [-0.15, -0.1) is 0 Å². The van der Waals surface area contributed by atoms with Crippen molar-refractivity contribution in [3.05, 3.63) is 11.6 Å². The molecule has 2 amide bonds. The van der Waals surface area contributed by atoms with Crippen molar-refractivity contribution in [2.45, 2.75) is 51.1 Å². The Hall–Kier alpha value is -1.57. The molecule has 0 aromatic carbocycles. The SMILES string of the molecule is O=C(NCCC1=CCCCC1)C(=O)NCC1CCN(CC(F)(F)F)CC1. The molecule has 1 aliphatic heterocycles. The molecule has 5 nitrogen and oxygen atoms in total. The number of likely N-dealkylation sites (tertiary alicyclic amines) is 1. The van der Waals surface area contributed by atoms with Crippen molar-refractivity contribution in [2.75, 3.05) is 32.7 Å². The normalized spacial score (nSPS) is 19.7. The monoisotopic (exact) mass is 375 g/mol. The van der Waals surface area contributed by atoms with E-state index in [1.165, 1.54) is 23.3 Å². The van der Waals surface area contributed by atoms with Gasteiger partial charge < -0.3 is 10.6 Å². The van der Waals surface area contributed by atoms with Crippen molar-refractivity contribution in [2.24, 2.45) is 5.92 Å². The van der Waals surface area contributed by atoms with E-state index in [1.807, 2.05) is 0 Å². The highest BCUT2D eigenvalue weighted by atomic mass is 19.4. The number of rotatable bonds is 6. The van der Waals surface area contributed by atoms with Gasteiger partial charge in [0.1, 0.15) is 0 Å². The lowest BCUT2D eigenvalue weighted by molar-refractivity contribution is -0.148. The van der Waals surface area contributed by atoms with Crippen molar-refractivity contribution in [1.82, 2.24) is 15.5 Å². The molecule has 1 aliphatic carbocycles. The van der Waals surface area contributed by atoms with Crippen LogP contribution < -0.4 is 10.6 Å². The Morgan fingerprint density at radius 3 is 2.42 bits per heavy atom. The summed E-state index contributed by atoms with van der Waals surface area (Å²) in [5, 5.41) is 5.22. The second kappa shape index (κ2) is 9.94. The van der Waals surface area contributed by atoms with Gasteiger partial charge in [0.2, 0.25) is 0 Å². The summed E-state index contributed by atoms with van der Waals surface area (Å²) in [5.41, 5.74) is 1.34. The van der Waals surface area contributed by atoms with E-state index in [0.29, 0.717) is 39.0 Å². The molecule has 26 heavy (non-hydrogen) atoms. The van der Waals surface area contributed by atoms with Crippen molar-refractivity contribution >= 4 is 11.8 Å². The van der Waals surface area contributed by atoms with Crippen LogP contribution in [0.3, 0.4) is 0 Å². The first kappa shape index (κ1) is 20.7. The summed E-state index contributed by atoms with van der Waals surface area (Å²) in [6, 6.07) is 0. The fraction of sp³-hybridized carbons (Fsp3) is 0.778. The Kier molecular flexibility index (Phi) is 7.93. The minimum absolute atomic E-state index is 0.114. The van der Waals surface area contributed by atoms with Crippen LogP contribution in [-0.2, 0) is 9.59 Å². The van der Waals surface area contributed by atoms with Crippen LogP contribution in [0, 0.1) is 5.92 Å². The maximum atomic E-state index is 12.4. The second-order valence-electron chi connectivity index (χ2n) is 7.16. The second-order valence-corrected chi connectivity index (χ2v) is 7.16. The first-order valence-corrected chi connectivity index (χ1v) is 9.36.